The Labute approximate surface area is 177 Å². The smallest absolute Gasteiger partial charge is 0.222 e. The molecule has 1 atom stereocenters. The third-order valence-electron chi connectivity index (χ3n) is 4.51. The molecule has 0 spiro atoms. The minimum Gasteiger partial charge on any atom is -0.357 e. The van der Waals surface area contributed by atoms with E-state index in [-0.39, 0.29) is 29.9 Å². The number of aliphatic imine (C=N–C) groups is 1. The lowest BCUT2D eigenvalue weighted by Crippen LogP contribution is -2.45. The second-order valence-corrected chi connectivity index (χ2v) is 6.78. The summed E-state index contributed by atoms with van der Waals surface area (Å²) in [7, 11) is 0. The van der Waals surface area contributed by atoms with Gasteiger partial charge in [0.25, 0.3) is 0 Å². The summed E-state index contributed by atoms with van der Waals surface area (Å²) >= 11 is 0. The third kappa shape index (κ3) is 9.94. The minimum absolute atomic E-state index is 0. The normalized spacial score (nSPS) is 17.3. The number of nitrogens with zero attached hydrogens (tertiary/aromatic N) is 3. The molecule has 0 aromatic rings. The van der Waals surface area contributed by atoms with Crippen LogP contribution in [-0.2, 0) is 4.79 Å². The first-order valence-corrected chi connectivity index (χ1v) is 10.2. The second-order valence-electron chi connectivity index (χ2n) is 6.78. The molecule has 6 nitrogen and oxygen atoms in total. The van der Waals surface area contributed by atoms with Crippen LogP contribution in [0.5, 0.6) is 0 Å². The van der Waals surface area contributed by atoms with Crippen molar-refractivity contribution in [2.75, 3.05) is 45.8 Å². The molecule has 7 heteroatoms. The summed E-state index contributed by atoms with van der Waals surface area (Å²) in [6.45, 7) is 15.3. The van der Waals surface area contributed by atoms with Gasteiger partial charge in [-0.25, -0.2) is 0 Å². The quantitative estimate of drug-likeness (QED) is 0.206. The van der Waals surface area contributed by atoms with Crippen molar-refractivity contribution in [3.8, 4) is 0 Å². The maximum absolute atomic E-state index is 11.8. The highest BCUT2D eigenvalue weighted by molar-refractivity contribution is 14.0. The molecule has 0 bridgehead atoms. The first-order valence-electron chi connectivity index (χ1n) is 10.2. The molecular formula is C19H40IN5O. The minimum atomic E-state index is 0. The fraction of sp³-hybridized carbons (Fsp3) is 0.895. The zero-order valence-corrected chi connectivity index (χ0v) is 19.6. The number of carbonyl (C=O) groups is 1. The molecule has 1 heterocycles. The van der Waals surface area contributed by atoms with Crippen LogP contribution in [0.15, 0.2) is 4.99 Å². The number of carbonyl (C=O) groups excluding carboxylic acids is 1. The van der Waals surface area contributed by atoms with E-state index in [9.17, 15) is 4.79 Å². The van der Waals surface area contributed by atoms with E-state index in [2.05, 4.69) is 36.3 Å². The third-order valence-corrected chi connectivity index (χ3v) is 4.51. The Hall–Kier alpha value is -0.570. The van der Waals surface area contributed by atoms with Gasteiger partial charge < -0.3 is 20.4 Å². The van der Waals surface area contributed by atoms with Gasteiger partial charge in [0.1, 0.15) is 0 Å². The largest absolute Gasteiger partial charge is 0.357 e. The van der Waals surface area contributed by atoms with Gasteiger partial charge in [-0.1, -0.05) is 20.8 Å². The van der Waals surface area contributed by atoms with Gasteiger partial charge in [-0.15, -0.1) is 24.0 Å². The molecule has 2 N–H and O–H groups in total. The fourth-order valence-electron chi connectivity index (χ4n) is 3.29. The van der Waals surface area contributed by atoms with Gasteiger partial charge in [0, 0.05) is 38.6 Å². The Balaban J connectivity index is 0.00000625. The van der Waals surface area contributed by atoms with E-state index < -0.39 is 0 Å². The van der Waals surface area contributed by atoms with Crippen LogP contribution in [0.4, 0.5) is 0 Å². The molecule has 154 valence electrons. The lowest BCUT2D eigenvalue weighted by molar-refractivity contribution is -0.129. The number of hydrogen-bond acceptors (Lipinski definition) is 3. The monoisotopic (exact) mass is 481 g/mol. The summed E-state index contributed by atoms with van der Waals surface area (Å²) in [4.78, 5) is 21.0. The number of guanidine groups is 1. The van der Waals surface area contributed by atoms with Crippen molar-refractivity contribution in [1.29, 1.82) is 0 Å². The number of likely N-dealkylation sites (tertiary alicyclic amines) is 1. The predicted molar refractivity (Wildman–Crippen MR) is 121 cm³/mol. The van der Waals surface area contributed by atoms with Crippen LogP contribution in [0.1, 0.15) is 59.8 Å². The molecule has 1 fully saturated rings. The van der Waals surface area contributed by atoms with Crippen LogP contribution in [0, 0.1) is 0 Å². The van der Waals surface area contributed by atoms with Crippen LogP contribution >= 0.6 is 24.0 Å². The summed E-state index contributed by atoms with van der Waals surface area (Å²) in [5, 5.41) is 6.82. The number of nitrogens with one attached hydrogen (secondary N) is 2. The van der Waals surface area contributed by atoms with Gasteiger partial charge in [-0.05, 0) is 52.2 Å². The highest BCUT2D eigenvalue weighted by Crippen LogP contribution is 2.10. The Bertz CT molecular complexity index is 399. The summed E-state index contributed by atoms with van der Waals surface area (Å²) in [6.07, 6.45) is 5.09. The molecule has 26 heavy (non-hydrogen) atoms. The topological polar surface area (TPSA) is 60.0 Å². The molecule has 0 radical (unpaired) electrons. The Morgan fingerprint density at radius 3 is 2.42 bits per heavy atom. The summed E-state index contributed by atoms with van der Waals surface area (Å²) in [5.41, 5.74) is 0. The van der Waals surface area contributed by atoms with Crippen molar-refractivity contribution in [3.63, 3.8) is 0 Å². The maximum Gasteiger partial charge on any atom is 0.222 e. The van der Waals surface area contributed by atoms with Crippen LogP contribution in [0.3, 0.4) is 0 Å². The van der Waals surface area contributed by atoms with Crippen molar-refractivity contribution in [1.82, 2.24) is 20.4 Å². The van der Waals surface area contributed by atoms with Gasteiger partial charge in [0.2, 0.25) is 5.91 Å². The van der Waals surface area contributed by atoms with E-state index in [1.165, 1.54) is 25.9 Å². The number of halogens is 1. The van der Waals surface area contributed by atoms with Crippen LogP contribution in [-0.4, -0.2) is 73.5 Å². The van der Waals surface area contributed by atoms with E-state index in [4.69, 9.17) is 4.99 Å². The molecule has 1 aliphatic rings. The molecule has 1 rings (SSSR count). The first kappa shape index (κ1) is 25.4. The average molecular weight is 481 g/mol. The highest BCUT2D eigenvalue weighted by Gasteiger charge is 2.25. The molecule has 0 aliphatic carbocycles. The Morgan fingerprint density at radius 2 is 1.85 bits per heavy atom. The first-order chi connectivity index (χ1) is 12.1. The summed E-state index contributed by atoms with van der Waals surface area (Å²) < 4.78 is 0. The van der Waals surface area contributed by atoms with Gasteiger partial charge in [-0.3, -0.25) is 9.79 Å². The van der Waals surface area contributed by atoms with Crippen molar-refractivity contribution in [3.05, 3.63) is 0 Å². The molecule has 0 saturated carbocycles. The summed E-state index contributed by atoms with van der Waals surface area (Å²) in [6, 6.07) is 0.310. The van der Waals surface area contributed by atoms with Crippen molar-refractivity contribution >= 4 is 35.8 Å². The van der Waals surface area contributed by atoms with E-state index in [1.54, 1.807) is 0 Å². The molecule has 0 aromatic heterocycles. The van der Waals surface area contributed by atoms with Crippen molar-refractivity contribution in [2.45, 2.75) is 65.8 Å². The number of amides is 1. The van der Waals surface area contributed by atoms with Gasteiger partial charge >= 0.3 is 0 Å². The van der Waals surface area contributed by atoms with Crippen LogP contribution in [0.25, 0.3) is 0 Å². The molecule has 0 aromatic carbocycles. The number of rotatable bonds is 11. The van der Waals surface area contributed by atoms with E-state index in [1.807, 2.05) is 11.8 Å². The Kier molecular flexibility index (Phi) is 15.1. The average Bonchev–Trinajstić information content (AvgIpc) is 3.07. The molecule has 1 aliphatic heterocycles. The molecule has 1 amide bonds. The molecular weight excluding hydrogens is 441 g/mol. The fourth-order valence-corrected chi connectivity index (χ4v) is 3.29. The number of hydrogen-bond donors (Lipinski definition) is 2. The molecule has 1 saturated heterocycles. The highest BCUT2D eigenvalue weighted by atomic mass is 127. The van der Waals surface area contributed by atoms with Gasteiger partial charge in [0.15, 0.2) is 5.96 Å². The van der Waals surface area contributed by atoms with Crippen molar-refractivity contribution in [2.24, 2.45) is 4.99 Å². The zero-order chi connectivity index (χ0) is 18.5. The molecule has 1 unspecified atom stereocenters. The van der Waals surface area contributed by atoms with E-state index >= 15 is 0 Å². The summed E-state index contributed by atoms with van der Waals surface area (Å²) in [5.74, 6) is 1.13. The lowest BCUT2D eigenvalue weighted by Gasteiger charge is -2.21. The van der Waals surface area contributed by atoms with Crippen molar-refractivity contribution < 1.29 is 4.79 Å². The SMILES string of the molecule is CCCN(CCC)CCCN=C(NCC)NC1CCN(C(=O)CC)C1.I. The van der Waals surface area contributed by atoms with E-state index in [0.29, 0.717) is 12.5 Å². The maximum atomic E-state index is 11.8. The van der Waals surface area contributed by atoms with Gasteiger partial charge in [0.05, 0.1) is 0 Å². The second kappa shape index (κ2) is 15.5. The lowest BCUT2D eigenvalue weighted by atomic mass is 10.3. The van der Waals surface area contributed by atoms with E-state index in [0.717, 1.165) is 51.5 Å². The Morgan fingerprint density at radius 1 is 1.15 bits per heavy atom. The van der Waals surface area contributed by atoms with Crippen LogP contribution < -0.4 is 10.6 Å². The van der Waals surface area contributed by atoms with Crippen LogP contribution in [0.2, 0.25) is 0 Å². The predicted octanol–water partition coefficient (Wildman–Crippen LogP) is 2.68. The zero-order valence-electron chi connectivity index (χ0n) is 17.2. The standard InChI is InChI=1S/C19H39N5O.HI/c1-5-12-23(13-6-2)14-9-11-21-19(20-8-4)22-17-10-15-24(16-17)18(25)7-3;/h17H,5-16H2,1-4H3,(H2,20,21,22);1H. The van der Waals surface area contributed by atoms with Gasteiger partial charge in [-0.2, -0.15) is 0 Å².